The van der Waals surface area contributed by atoms with Crippen LogP contribution in [0, 0.1) is 17.1 Å². The van der Waals surface area contributed by atoms with E-state index < -0.39 is 21.9 Å². The molecule has 17 heavy (non-hydrogen) atoms. The maximum atomic E-state index is 13.0. The Morgan fingerprint density at radius 3 is 2.76 bits per heavy atom. The van der Waals surface area contributed by atoms with Crippen LogP contribution in [0.2, 0.25) is 0 Å². The van der Waals surface area contributed by atoms with Gasteiger partial charge in [0.15, 0.2) is 0 Å². The molecule has 1 aromatic carbocycles. The molecule has 0 radical (unpaired) electrons. The van der Waals surface area contributed by atoms with Crippen LogP contribution >= 0.6 is 0 Å². The summed E-state index contributed by atoms with van der Waals surface area (Å²) in [4.78, 5) is -0.149. The maximum Gasteiger partial charge on any atom is 0.241 e. The summed E-state index contributed by atoms with van der Waals surface area (Å²) in [6.07, 6.45) is 1.42. The van der Waals surface area contributed by atoms with E-state index in [0.717, 1.165) is 18.2 Å². The van der Waals surface area contributed by atoms with Crippen LogP contribution in [-0.4, -0.2) is 14.5 Å². The Kier molecular flexibility index (Phi) is 3.99. The van der Waals surface area contributed by atoms with E-state index in [2.05, 4.69) is 11.3 Å². The first kappa shape index (κ1) is 13.4. The quantitative estimate of drug-likeness (QED) is 0.829. The minimum Gasteiger partial charge on any atom is -0.207 e. The molecule has 0 bridgehead atoms. The van der Waals surface area contributed by atoms with E-state index in [-0.39, 0.29) is 10.5 Å². The summed E-state index contributed by atoms with van der Waals surface area (Å²) in [5, 5.41) is 8.62. The molecule has 1 N–H and O–H groups in total. The van der Waals surface area contributed by atoms with Crippen molar-refractivity contribution < 1.29 is 12.8 Å². The first-order valence-corrected chi connectivity index (χ1v) is 6.23. The minimum atomic E-state index is -3.76. The van der Waals surface area contributed by atoms with E-state index in [9.17, 15) is 12.8 Å². The smallest absolute Gasteiger partial charge is 0.207 e. The number of nitrogens with zero attached hydrogens (tertiary/aromatic N) is 1. The van der Waals surface area contributed by atoms with Crippen LogP contribution in [0.15, 0.2) is 35.7 Å². The highest BCUT2D eigenvalue weighted by molar-refractivity contribution is 7.89. The standard InChI is InChI=1S/C11H11FN2O2S/c1-3-8(2)14-17(15,16)10-4-5-11(12)9(6-10)7-13/h3-6,8,14H,1H2,2H3. The third-order valence-electron chi connectivity index (χ3n) is 2.06. The third kappa shape index (κ3) is 3.12. The van der Waals surface area contributed by atoms with Crippen molar-refractivity contribution in [1.29, 1.82) is 5.26 Å². The summed E-state index contributed by atoms with van der Waals surface area (Å²) in [5.41, 5.74) is -0.306. The summed E-state index contributed by atoms with van der Waals surface area (Å²) in [6, 6.07) is 4.19. The van der Waals surface area contributed by atoms with Gasteiger partial charge in [0, 0.05) is 6.04 Å². The Hall–Kier alpha value is -1.71. The topological polar surface area (TPSA) is 70.0 Å². The van der Waals surface area contributed by atoms with Crippen molar-refractivity contribution in [2.75, 3.05) is 0 Å². The number of benzene rings is 1. The summed E-state index contributed by atoms with van der Waals surface area (Å²) in [5.74, 6) is -0.747. The van der Waals surface area contributed by atoms with Gasteiger partial charge in [-0.05, 0) is 25.1 Å². The molecule has 0 aliphatic carbocycles. The van der Waals surface area contributed by atoms with Crippen molar-refractivity contribution >= 4 is 10.0 Å². The van der Waals surface area contributed by atoms with Crippen LogP contribution in [0.4, 0.5) is 4.39 Å². The molecular weight excluding hydrogens is 243 g/mol. The van der Waals surface area contributed by atoms with Crippen LogP contribution in [0.5, 0.6) is 0 Å². The minimum absolute atomic E-state index is 0.149. The van der Waals surface area contributed by atoms with E-state index in [1.165, 1.54) is 6.08 Å². The zero-order chi connectivity index (χ0) is 13.1. The Morgan fingerprint density at radius 2 is 2.24 bits per heavy atom. The molecule has 0 aliphatic rings. The number of hydrogen-bond donors (Lipinski definition) is 1. The molecule has 0 saturated heterocycles. The molecule has 90 valence electrons. The summed E-state index contributed by atoms with van der Waals surface area (Å²) < 4.78 is 38.9. The van der Waals surface area contributed by atoms with E-state index in [0.29, 0.717) is 0 Å². The average molecular weight is 254 g/mol. The molecule has 0 saturated carbocycles. The normalized spacial score (nSPS) is 12.8. The van der Waals surface area contributed by atoms with Gasteiger partial charge in [-0.25, -0.2) is 17.5 Å². The van der Waals surface area contributed by atoms with Gasteiger partial charge >= 0.3 is 0 Å². The molecule has 0 spiro atoms. The van der Waals surface area contributed by atoms with Gasteiger partial charge in [-0.1, -0.05) is 6.08 Å². The van der Waals surface area contributed by atoms with Crippen LogP contribution in [0.1, 0.15) is 12.5 Å². The number of halogens is 1. The Bertz CT molecular complexity index is 576. The lowest BCUT2D eigenvalue weighted by atomic mass is 10.2. The molecule has 1 atom stereocenters. The number of hydrogen-bond acceptors (Lipinski definition) is 3. The van der Waals surface area contributed by atoms with Gasteiger partial charge in [0.1, 0.15) is 11.9 Å². The van der Waals surface area contributed by atoms with Gasteiger partial charge in [-0.15, -0.1) is 6.58 Å². The summed E-state index contributed by atoms with van der Waals surface area (Å²) in [6.45, 7) is 5.06. The van der Waals surface area contributed by atoms with Crippen molar-refractivity contribution in [3.8, 4) is 6.07 Å². The second kappa shape index (κ2) is 5.08. The molecule has 0 fully saturated rings. The first-order valence-electron chi connectivity index (χ1n) is 4.75. The maximum absolute atomic E-state index is 13.0. The molecule has 6 heteroatoms. The zero-order valence-electron chi connectivity index (χ0n) is 9.14. The Morgan fingerprint density at radius 1 is 1.59 bits per heavy atom. The van der Waals surface area contributed by atoms with Gasteiger partial charge in [-0.2, -0.15) is 5.26 Å². The average Bonchev–Trinajstić information content (AvgIpc) is 2.28. The lowest BCUT2D eigenvalue weighted by Gasteiger charge is -2.10. The SMILES string of the molecule is C=CC(C)NS(=O)(=O)c1ccc(F)c(C#N)c1. The first-order chi connectivity index (χ1) is 7.90. The molecule has 0 aliphatic heterocycles. The van der Waals surface area contributed by atoms with Crippen molar-refractivity contribution in [2.24, 2.45) is 0 Å². The van der Waals surface area contributed by atoms with Crippen molar-refractivity contribution in [3.05, 3.63) is 42.2 Å². The van der Waals surface area contributed by atoms with E-state index in [1.807, 2.05) is 0 Å². The van der Waals surface area contributed by atoms with Crippen LogP contribution in [0.3, 0.4) is 0 Å². The highest BCUT2D eigenvalue weighted by Crippen LogP contribution is 2.14. The van der Waals surface area contributed by atoms with Gasteiger partial charge < -0.3 is 0 Å². The second-order valence-electron chi connectivity index (χ2n) is 3.40. The Balaban J connectivity index is 3.17. The van der Waals surface area contributed by atoms with Crippen molar-refractivity contribution in [3.63, 3.8) is 0 Å². The highest BCUT2D eigenvalue weighted by Gasteiger charge is 2.17. The molecule has 0 aromatic heterocycles. The fourth-order valence-corrected chi connectivity index (χ4v) is 2.36. The molecular formula is C11H11FN2O2S. The number of rotatable bonds is 4. The molecule has 4 nitrogen and oxygen atoms in total. The van der Waals surface area contributed by atoms with Crippen LogP contribution in [-0.2, 0) is 10.0 Å². The summed E-state index contributed by atoms with van der Waals surface area (Å²) >= 11 is 0. The lowest BCUT2D eigenvalue weighted by molar-refractivity contribution is 0.575. The zero-order valence-corrected chi connectivity index (χ0v) is 9.96. The fourth-order valence-electron chi connectivity index (χ4n) is 1.12. The molecule has 1 rings (SSSR count). The van der Waals surface area contributed by atoms with Crippen LogP contribution in [0.25, 0.3) is 0 Å². The predicted molar refractivity (Wildman–Crippen MR) is 61.1 cm³/mol. The monoisotopic (exact) mass is 254 g/mol. The lowest BCUT2D eigenvalue weighted by Crippen LogP contribution is -2.31. The third-order valence-corrected chi connectivity index (χ3v) is 3.62. The van der Waals surface area contributed by atoms with E-state index in [1.54, 1.807) is 13.0 Å². The van der Waals surface area contributed by atoms with Gasteiger partial charge in [0.05, 0.1) is 10.5 Å². The number of sulfonamides is 1. The van der Waals surface area contributed by atoms with Crippen molar-refractivity contribution in [2.45, 2.75) is 17.9 Å². The largest absolute Gasteiger partial charge is 0.241 e. The number of nitriles is 1. The highest BCUT2D eigenvalue weighted by atomic mass is 32.2. The summed E-state index contributed by atoms with van der Waals surface area (Å²) in [7, 11) is -3.76. The van der Waals surface area contributed by atoms with Gasteiger partial charge in [0.25, 0.3) is 0 Å². The second-order valence-corrected chi connectivity index (χ2v) is 5.11. The van der Waals surface area contributed by atoms with Crippen molar-refractivity contribution in [1.82, 2.24) is 4.72 Å². The number of nitrogens with one attached hydrogen (secondary N) is 1. The fraction of sp³-hybridized carbons (Fsp3) is 0.182. The molecule has 1 aromatic rings. The van der Waals surface area contributed by atoms with Gasteiger partial charge in [0.2, 0.25) is 10.0 Å². The Labute approximate surface area is 99.4 Å². The van der Waals surface area contributed by atoms with E-state index >= 15 is 0 Å². The molecule has 0 amide bonds. The van der Waals surface area contributed by atoms with Crippen LogP contribution < -0.4 is 4.72 Å². The predicted octanol–water partition coefficient (Wildman–Crippen LogP) is 1.55. The molecule has 0 heterocycles. The van der Waals surface area contributed by atoms with Gasteiger partial charge in [-0.3, -0.25) is 0 Å². The van der Waals surface area contributed by atoms with E-state index in [4.69, 9.17) is 5.26 Å². The molecule has 1 unspecified atom stereocenters.